The molecule has 0 bridgehead atoms. The Hall–Kier alpha value is -2.50. The number of carbonyl (C=O) groups excluding carboxylic acids is 1. The minimum atomic E-state index is -4.36. The van der Waals surface area contributed by atoms with Crippen molar-refractivity contribution in [3.8, 4) is 5.75 Å². The number of piperidine rings is 1. The Bertz CT molecular complexity index is 906. The molecule has 0 aromatic heterocycles. The van der Waals surface area contributed by atoms with Crippen molar-refractivity contribution in [2.75, 3.05) is 13.2 Å². The molecule has 1 saturated heterocycles. The molecule has 6 heteroatoms. The van der Waals surface area contributed by atoms with Crippen LogP contribution in [0.5, 0.6) is 5.75 Å². The van der Waals surface area contributed by atoms with E-state index in [1.54, 1.807) is 0 Å². The number of halogens is 3. The molecule has 0 radical (unpaired) electrons. The van der Waals surface area contributed by atoms with Gasteiger partial charge in [-0.05, 0) is 74.4 Å². The standard InChI is InChI=1S/C27H34F3NO2/c1-18(2)15-21-7-9-23(10-8-21)20(4)26(32)31-16-22(6-5-19(31)3)17-33-25-13-11-24(12-14-25)27(28,29)30/h7-14,18-20,22H,5-6,15-17H2,1-4H3/t19-,20+,22+/m1/s1. The highest BCUT2D eigenvalue weighted by Crippen LogP contribution is 2.31. The van der Waals surface area contributed by atoms with E-state index in [9.17, 15) is 18.0 Å². The zero-order chi connectivity index (χ0) is 24.2. The average Bonchev–Trinajstić information content (AvgIpc) is 2.77. The summed E-state index contributed by atoms with van der Waals surface area (Å²) >= 11 is 0. The predicted octanol–water partition coefficient (Wildman–Crippen LogP) is 6.71. The van der Waals surface area contributed by atoms with Crippen LogP contribution in [0.1, 0.15) is 63.1 Å². The van der Waals surface area contributed by atoms with Gasteiger partial charge in [-0.2, -0.15) is 13.2 Å². The van der Waals surface area contributed by atoms with Crippen LogP contribution in [0.2, 0.25) is 0 Å². The van der Waals surface area contributed by atoms with Crippen molar-refractivity contribution < 1.29 is 22.7 Å². The lowest BCUT2D eigenvalue weighted by Gasteiger charge is -2.39. The molecule has 3 rings (SSSR count). The van der Waals surface area contributed by atoms with Crippen molar-refractivity contribution in [2.24, 2.45) is 11.8 Å². The van der Waals surface area contributed by atoms with Crippen LogP contribution in [-0.2, 0) is 17.4 Å². The van der Waals surface area contributed by atoms with Crippen LogP contribution in [0.25, 0.3) is 0 Å². The van der Waals surface area contributed by atoms with Crippen LogP contribution in [0, 0.1) is 11.8 Å². The van der Waals surface area contributed by atoms with Crippen molar-refractivity contribution in [3.63, 3.8) is 0 Å². The van der Waals surface area contributed by atoms with E-state index in [2.05, 4.69) is 45.0 Å². The molecular formula is C27H34F3NO2. The topological polar surface area (TPSA) is 29.5 Å². The highest BCUT2D eigenvalue weighted by atomic mass is 19.4. The average molecular weight is 462 g/mol. The molecule has 1 amide bonds. The monoisotopic (exact) mass is 461 g/mol. The van der Waals surface area contributed by atoms with Gasteiger partial charge in [-0.1, -0.05) is 38.1 Å². The first-order valence-corrected chi connectivity index (χ1v) is 11.7. The Balaban J connectivity index is 1.58. The van der Waals surface area contributed by atoms with Crippen LogP contribution in [0.4, 0.5) is 13.2 Å². The van der Waals surface area contributed by atoms with Gasteiger partial charge in [0.2, 0.25) is 5.91 Å². The first kappa shape index (κ1) is 25.1. The molecule has 3 atom stereocenters. The van der Waals surface area contributed by atoms with Crippen LogP contribution >= 0.6 is 0 Å². The summed E-state index contributed by atoms with van der Waals surface area (Å²) in [5.41, 5.74) is 1.60. The highest BCUT2D eigenvalue weighted by molar-refractivity contribution is 5.83. The van der Waals surface area contributed by atoms with Gasteiger partial charge in [-0.25, -0.2) is 0 Å². The summed E-state index contributed by atoms with van der Waals surface area (Å²) in [6.07, 6.45) is -1.53. The molecule has 0 unspecified atom stereocenters. The summed E-state index contributed by atoms with van der Waals surface area (Å²) < 4.78 is 44.0. The van der Waals surface area contributed by atoms with E-state index in [1.165, 1.54) is 17.7 Å². The molecule has 0 aliphatic carbocycles. The number of rotatable bonds is 7. The van der Waals surface area contributed by atoms with E-state index in [1.807, 2.05) is 11.8 Å². The second-order valence-corrected chi connectivity index (χ2v) is 9.68. The number of amides is 1. The molecule has 0 spiro atoms. The van der Waals surface area contributed by atoms with Gasteiger partial charge in [0.1, 0.15) is 5.75 Å². The Labute approximate surface area is 194 Å². The van der Waals surface area contributed by atoms with Crippen LogP contribution in [-0.4, -0.2) is 30.0 Å². The van der Waals surface area contributed by atoms with Gasteiger partial charge in [0.15, 0.2) is 0 Å². The van der Waals surface area contributed by atoms with Gasteiger partial charge < -0.3 is 9.64 Å². The second-order valence-electron chi connectivity index (χ2n) is 9.68. The van der Waals surface area contributed by atoms with E-state index < -0.39 is 11.7 Å². The third-order valence-corrected chi connectivity index (χ3v) is 6.42. The number of hydrogen-bond donors (Lipinski definition) is 0. The maximum Gasteiger partial charge on any atom is 0.416 e. The van der Waals surface area contributed by atoms with Crippen LogP contribution in [0.15, 0.2) is 48.5 Å². The number of carbonyl (C=O) groups is 1. The number of hydrogen-bond acceptors (Lipinski definition) is 2. The fraction of sp³-hybridized carbons (Fsp3) is 0.519. The minimum absolute atomic E-state index is 0.110. The minimum Gasteiger partial charge on any atom is -0.493 e. The SMILES string of the molecule is CC(C)Cc1ccc([C@H](C)C(=O)N2C[C@@H](COc3ccc(C(F)(F)F)cc3)CC[C@H]2C)cc1. The molecule has 1 heterocycles. The quantitative estimate of drug-likeness (QED) is 0.458. The molecule has 180 valence electrons. The van der Waals surface area contributed by atoms with Gasteiger partial charge in [-0.15, -0.1) is 0 Å². The normalized spacial score (nSPS) is 20.1. The number of nitrogens with zero attached hydrogens (tertiary/aromatic N) is 1. The van der Waals surface area contributed by atoms with E-state index in [-0.39, 0.29) is 23.8 Å². The Kier molecular flexibility index (Phi) is 8.09. The smallest absolute Gasteiger partial charge is 0.416 e. The Morgan fingerprint density at radius 2 is 1.67 bits per heavy atom. The van der Waals surface area contributed by atoms with E-state index in [4.69, 9.17) is 4.74 Å². The van der Waals surface area contributed by atoms with Gasteiger partial charge in [0.25, 0.3) is 0 Å². The number of benzene rings is 2. The summed E-state index contributed by atoms with van der Waals surface area (Å²) in [6, 6.07) is 13.2. The van der Waals surface area contributed by atoms with Gasteiger partial charge in [0, 0.05) is 18.5 Å². The zero-order valence-electron chi connectivity index (χ0n) is 19.9. The highest BCUT2D eigenvalue weighted by Gasteiger charge is 2.33. The Morgan fingerprint density at radius 1 is 1.03 bits per heavy atom. The van der Waals surface area contributed by atoms with E-state index in [0.29, 0.717) is 24.8 Å². The van der Waals surface area contributed by atoms with Crippen molar-refractivity contribution in [1.29, 1.82) is 0 Å². The number of alkyl halides is 3. The van der Waals surface area contributed by atoms with Crippen molar-refractivity contribution >= 4 is 5.91 Å². The van der Waals surface area contributed by atoms with E-state index in [0.717, 1.165) is 37.0 Å². The molecule has 1 aliphatic rings. The van der Waals surface area contributed by atoms with Crippen LogP contribution < -0.4 is 4.74 Å². The maximum absolute atomic E-state index is 13.3. The van der Waals surface area contributed by atoms with Gasteiger partial charge in [0.05, 0.1) is 18.1 Å². The first-order chi connectivity index (χ1) is 15.5. The van der Waals surface area contributed by atoms with Crippen molar-refractivity contribution in [1.82, 2.24) is 4.90 Å². The molecule has 33 heavy (non-hydrogen) atoms. The maximum atomic E-state index is 13.3. The van der Waals surface area contributed by atoms with Crippen molar-refractivity contribution in [2.45, 2.75) is 65.1 Å². The molecule has 0 saturated carbocycles. The summed E-state index contributed by atoms with van der Waals surface area (Å²) in [5, 5.41) is 0. The summed E-state index contributed by atoms with van der Waals surface area (Å²) in [5.74, 6) is 1.03. The fourth-order valence-electron chi connectivity index (χ4n) is 4.38. The zero-order valence-corrected chi connectivity index (χ0v) is 19.9. The molecule has 0 N–H and O–H groups in total. The van der Waals surface area contributed by atoms with E-state index >= 15 is 0 Å². The largest absolute Gasteiger partial charge is 0.493 e. The fourth-order valence-corrected chi connectivity index (χ4v) is 4.38. The first-order valence-electron chi connectivity index (χ1n) is 11.7. The molecule has 2 aromatic rings. The number of ether oxygens (including phenoxy) is 1. The molecule has 1 fully saturated rings. The van der Waals surface area contributed by atoms with Gasteiger partial charge >= 0.3 is 6.18 Å². The summed E-state index contributed by atoms with van der Waals surface area (Å²) in [4.78, 5) is 15.2. The summed E-state index contributed by atoms with van der Waals surface area (Å²) in [6.45, 7) is 9.37. The van der Waals surface area contributed by atoms with Gasteiger partial charge in [-0.3, -0.25) is 4.79 Å². The lowest BCUT2D eigenvalue weighted by molar-refractivity contribution is -0.138. The number of likely N-dealkylation sites (tertiary alicyclic amines) is 1. The molecule has 1 aliphatic heterocycles. The summed E-state index contributed by atoms with van der Waals surface area (Å²) in [7, 11) is 0. The molecule has 2 aromatic carbocycles. The molecule has 3 nitrogen and oxygen atoms in total. The predicted molar refractivity (Wildman–Crippen MR) is 124 cm³/mol. The van der Waals surface area contributed by atoms with Crippen molar-refractivity contribution in [3.05, 3.63) is 65.2 Å². The van der Waals surface area contributed by atoms with Crippen LogP contribution in [0.3, 0.4) is 0 Å². The second kappa shape index (κ2) is 10.6. The Morgan fingerprint density at radius 3 is 2.24 bits per heavy atom. The molecular weight excluding hydrogens is 427 g/mol. The lowest BCUT2D eigenvalue weighted by Crippen LogP contribution is -2.48. The lowest BCUT2D eigenvalue weighted by atomic mass is 9.90. The third kappa shape index (κ3) is 6.75. The third-order valence-electron chi connectivity index (χ3n) is 6.42.